The smallest absolute Gasteiger partial charge is 0.0436 e. The van der Waals surface area contributed by atoms with E-state index in [9.17, 15) is 0 Å². The predicted molar refractivity (Wildman–Crippen MR) is 90.0 cm³/mol. The largest absolute Gasteiger partial charge is 0.302 e. The standard InChI is InChI=1S/C14H16B2P2/c15-17(13-7-3-1-4-8-13)11-12-18(16)14-9-5-2-6-10-14/h1-10,17-18H,11-12H2. The first-order valence-electron chi connectivity index (χ1n) is 6.11. The fraction of sp³-hybridized carbons (Fsp3) is 0.143. The molecule has 2 aromatic rings. The van der Waals surface area contributed by atoms with Gasteiger partial charge in [0.25, 0.3) is 0 Å². The Bertz CT molecular complexity index is 416. The Morgan fingerprint density at radius 3 is 1.28 bits per heavy atom. The molecule has 0 saturated carbocycles. The minimum Gasteiger partial charge on any atom is -0.302 e. The van der Waals surface area contributed by atoms with E-state index in [2.05, 4.69) is 48.5 Å². The average molecular weight is 268 g/mol. The van der Waals surface area contributed by atoms with E-state index in [4.69, 9.17) is 15.1 Å². The van der Waals surface area contributed by atoms with Crippen molar-refractivity contribution in [1.82, 2.24) is 0 Å². The summed E-state index contributed by atoms with van der Waals surface area (Å²) in [5, 5.41) is 2.59. The van der Waals surface area contributed by atoms with Crippen LogP contribution in [0.15, 0.2) is 60.7 Å². The van der Waals surface area contributed by atoms with Crippen LogP contribution in [0.4, 0.5) is 0 Å². The zero-order valence-corrected chi connectivity index (χ0v) is 12.3. The third kappa shape index (κ3) is 3.98. The molecule has 88 valence electrons. The van der Waals surface area contributed by atoms with Gasteiger partial charge in [0, 0.05) is 22.9 Å². The number of benzene rings is 2. The van der Waals surface area contributed by atoms with Crippen LogP contribution in [-0.4, -0.2) is 27.5 Å². The Labute approximate surface area is 114 Å². The molecule has 0 saturated heterocycles. The lowest BCUT2D eigenvalue weighted by atomic mass is 10.4. The van der Waals surface area contributed by atoms with Gasteiger partial charge in [0.1, 0.15) is 0 Å². The lowest BCUT2D eigenvalue weighted by molar-refractivity contribution is 1.53. The third-order valence-corrected chi connectivity index (χ3v) is 7.18. The molecule has 0 aliphatic carbocycles. The summed E-state index contributed by atoms with van der Waals surface area (Å²) in [6, 6.07) is 20.8. The Hall–Kier alpha value is -0.570. The van der Waals surface area contributed by atoms with E-state index in [1.807, 2.05) is 12.1 Å². The van der Waals surface area contributed by atoms with E-state index in [0.717, 1.165) is 12.3 Å². The van der Waals surface area contributed by atoms with E-state index in [-0.39, 0.29) is 0 Å². The van der Waals surface area contributed by atoms with Gasteiger partial charge in [-0.1, -0.05) is 36.4 Å². The maximum absolute atomic E-state index is 6.28. The summed E-state index contributed by atoms with van der Waals surface area (Å²) < 4.78 is 0. The topological polar surface area (TPSA) is 0 Å². The van der Waals surface area contributed by atoms with Crippen molar-refractivity contribution in [1.29, 1.82) is 0 Å². The first kappa shape index (κ1) is 13.9. The number of hydrogen-bond donors (Lipinski definition) is 0. The molecule has 0 N–H and O–H groups in total. The Balaban J connectivity index is 1.89. The molecule has 0 bridgehead atoms. The van der Waals surface area contributed by atoms with Gasteiger partial charge in [-0.05, 0) is 24.3 Å². The molecule has 0 aromatic heterocycles. The van der Waals surface area contributed by atoms with Crippen LogP contribution in [-0.2, 0) is 0 Å². The molecule has 0 aliphatic rings. The molecule has 2 aromatic carbocycles. The Morgan fingerprint density at radius 1 is 0.611 bits per heavy atom. The van der Waals surface area contributed by atoms with Gasteiger partial charge in [0.15, 0.2) is 0 Å². The molecule has 0 amide bonds. The van der Waals surface area contributed by atoms with Gasteiger partial charge in [-0.3, -0.25) is 0 Å². The molecule has 2 atom stereocenters. The lowest BCUT2D eigenvalue weighted by Gasteiger charge is -2.21. The Morgan fingerprint density at radius 2 is 0.944 bits per heavy atom. The van der Waals surface area contributed by atoms with Crippen LogP contribution in [0.25, 0.3) is 0 Å². The molecule has 4 heteroatoms. The van der Waals surface area contributed by atoms with Crippen LogP contribution in [0.2, 0.25) is 0 Å². The highest BCUT2D eigenvalue weighted by atomic mass is 31.1. The van der Waals surface area contributed by atoms with E-state index >= 15 is 0 Å². The molecule has 6 radical (unpaired) electrons. The molecular weight excluding hydrogens is 252 g/mol. The van der Waals surface area contributed by atoms with Crippen LogP contribution in [0.5, 0.6) is 0 Å². The summed E-state index contributed by atoms with van der Waals surface area (Å²) >= 11 is 0. The third-order valence-electron chi connectivity index (χ3n) is 2.95. The summed E-state index contributed by atoms with van der Waals surface area (Å²) in [5.74, 6) is 0. The second kappa shape index (κ2) is 7.13. The van der Waals surface area contributed by atoms with Crippen molar-refractivity contribution in [3.63, 3.8) is 0 Å². The highest BCUT2D eigenvalue weighted by Crippen LogP contribution is 2.35. The highest BCUT2D eigenvalue weighted by Gasteiger charge is 2.06. The minimum atomic E-state index is -0.924. The molecule has 0 aliphatic heterocycles. The van der Waals surface area contributed by atoms with Gasteiger partial charge in [-0.15, -0.1) is 0 Å². The predicted octanol–water partition coefficient (Wildman–Crippen LogP) is 2.23. The van der Waals surface area contributed by atoms with Gasteiger partial charge < -0.3 is 15.1 Å². The van der Waals surface area contributed by atoms with Crippen molar-refractivity contribution in [3.8, 4) is 0 Å². The number of hydrogen-bond acceptors (Lipinski definition) is 0. The van der Waals surface area contributed by atoms with Crippen molar-refractivity contribution in [3.05, 3.63) is 60.7 Å². The van der Waals surface area contributed by atoms with E-state index < -0.39 is 15.6 Å². The summed E-state index contributed by atoms with van der Waals surface area (Å²) in [6.07, 6.45) is 2.10. The van der Waals surface area contributed by atoms with E-state index in [0.29, 0.717) is 0 Å². The van der Waals surface area contributed by atoms with Crippen molar-refractivity contribution in [2.45, 2.75) is 0 Å². The van der Waals surface area contributed by atoms with Crippen LogP contribution in [0, 0.1) is 0 Å². The van der Waals surface area contributed by atoms with Gasteiger partial charge >= 0.3 is 0 Å². The lowest BCUT2D eigenvalue weighted by Crippen LogP contribution is -2.08. The van der Waals surface area contributed by atoms with Crippen molar-refractivity contribution < 1.29 is 0 Å². The molecule has 0 spiro atoms. The van der Waals surface area contributed by atoms with Gasteiger partial charge in [-0.25, -0.2) is 15.6 Å². The summed E-state index contributed by atoms with van der Waals surface area (Å²) in [4.78, 5) is 0. The molecule has 18 heavy (non-hydrogen) atoms. The molecule has 0 fully saturated rings. The molecule has 2 rings (SSSR count). The first-order valence-corrected chi connectivity index (χ1v) is 9.67. The Kier molecular flexibility index (Phi) is 5.48. The summed E-state index contributed by atoms with van der Waals surface area (Å²) in [7, 11) is 10.7. The van der Waals surface area contributed by atoms with Gasteiger partial charge in [-0.2, -0.15) is 0 Å². The van der Waals surface area contributed by atoms with E-state index in [1.165, 1.54) is 10.6 Å². The van der Waals surface area contributed by atoms with Crippen LogP contribution < -0.4 is 10.6 Å². The fourth-order valence-corrected chi connectivity index (χ4v) is 5.84. The summed E-state index contributed by atoms with van der Waals surface area (Å²) in [5.41, 5.74) is 0. The van der Waals surface area contributed by atoms with Crippen molar-refractivity contribution in [2.75, 3.05) is 12.3 Å². The van der Waals surface area contributed by atoms with Crippen LogP contribution in [0.1, 0.15) is 0 Å². The van der Waals surface area contributed by atoms with Gasteiger partial charge in [0.05, 0.1) is 0 Å². The number of rotatable bonds is 5. The van der Waals surface area contributed by atoms with Gasteiger partial charge in [0.2, 0.25) is 0 Å². The first-order chi connectivity index (χ1) is 8.77. The zero-order valence-electron chi connectivity index (χ0n) is 10.3. The summed E-state index contributed by atoms with van der Waals surface area (Å²) in [6.45, 7) is 0. The second-order valence-electron chi connectivity index (χ2n) is 4.28. The van der Waals surface area contributed by atoms with Crippen molar-refractivity contribution in [2.24, 2.45) is 0 Å². The SMILES string of the molecule is [B-][PH+](CC[PH+]([B-])c1ccccc1)c1ccccc1. The fourth-order valence-electron chi connectivity index (χ4n) is 1.86. The molecule has 2 unspecified atom stereocenters. The minimum absolute atomic E-state index is 0.924. The molecule has 0 nitrogen and oxygen atoms in total. The zero-order chi connectivity index (χ0) is 12.8. The monoisotopic (exact) mass is 268 g/mol. The maximum Gasteiger partial charge on any atom is 0.0436 e. The quantitative estimate of drug-likeness (QED) is 0.576. The van der Waals surface area contributed by atoms with Crippen LogP contribution in [0.3, 0.4) is 0 Å². The molecular formula is C14H16B2P2. The maximum atomic E-state index is 6.28. The van der Waals surface area contributed by atoms with Crippen LogP contribution >= 0.6 is 15.6 Å². The second-order valence-corrected chi connectivity index (χ2v) is 8.54. The van der Waals surface area contributed by atoms with E-state index in [1.54, 1.807) is 0 Å². The average Bonchev–Trinajstić information content (AvgIpc) is 2.46. The van der Waals surface area contributed by atoms with Crippen molar-refractivity contribution >= 4 is 41.3 Å². The normalized spacial score (nSPS) is 14.1. The molecule has 0 heterocycles. The highest BCUT2D eigenvalue weighted by molar-refractivity contribution is 7.91.